The predicted octanol–water partition coefficient (Wildman–Crippen LogP) is 1.56. The molecule has 0 atom stereocenters. The average molecular weight is 394 g/mol. The van der Waals surface area contributed by atoms with Crippen LogP contribution in [-0.2, 0) is 14.8 Å². The van der Waals surface area contributed by atoms with Gasteiger partial charge in [0.15, 0.2) is 0 Å². The van der Waals surface area contributed by atoms with E-state index in [0.717, 1.165) is 23.9 Å². The van der Waals surface area contributed by atoms with Gasteiger partial charge in [0.25, 0.3) is 5.91 Å². The second-order valence-corrected chi connectivity index (χ2v) is 10.3. The summed E-state index contributed by atoms with van der Waals surface area (Å²) >= 11 is 0. The number of amides is 2. The maximum Gasteiger partial charge on any atom is 0.254 e. The summed E-state index contributed by atoms with van der Waals surface area (Å²) in [6.07, 6.45) is -0.0176. The van der Waals surface area contributed by atoms with Crippen LogP contribution in [0.2, 0.25) is 0 Å². The molecule has 1 aromatic carbocycles. The highest BCUT2D eigenvalue weighted by Crippen LogP contribution is 2.26. The number of carbonyl (C=O) groups is 2. The van der Waals surface area contributed by atoms with E-state index < -0.39 is 15.9 Å². The van der Waals surface area contributed by atoms with Gasteiger partial charge in [-0.05, 0) is 23.6 Å². The van der Waals surface area contributed by atoms with Crippen molar-refractivity contribution in [3.63, 3.8) is 0 Å². The van der Waals surface area contributed by atoms with Crippen LogP contribution in [0.4, 0.5) is 5.69 Å². The fraction of sp³-hybridized carbons (Fsp3) is 0.579. The molecule has 7 nitrogen and oxygen atoms in total. The topological polar surface area (TPSA) is 78.0 Å². The molecule has 0 aromatic heterocycles. The second-order valence-electron chi connectivity index (χ2n) is 8.40. The zero-order chi connectivity index (χ0) is 19.8. The number of nitrogens with zero attached hydrogens (tertiary/aromatic N) is 3. The highest BCUT2D eigenvalue weighted by Gasteiger charge is 2.36. The van der Waals surface area contributed by atoms with Crippen molar-refractivity contribution < 1.29 is 18.0 Å². The lowest BCUT2D eigenvalue weighted by atomic mass is 9.96. The molecule has 0 bridgehead atoms. The average Bonchev–Trinajstić information content (AvgIpc) is 2.86. The number of benzene rings is 1. The van der Waals surface area contributed by atoms with E-state index in [1.807, 2.05) is 0 Å². The third kappa shape index (κ3) is 4.50. The molecule has 0 saturated carbocycles. The normalized spacial score (nSPS) is 20.9. The Morgan fingerprint density at radius 2 is 1.78 bits per heavy atom. The molecule has 2 aliphatic heterocycles. The zero-order valence-electron chi connectivity index (χ0n) is 16.1. The van der Waals surface area contributed by atoms with Gasteiger partial charge in [-0.25, -0.2) is 12.7 Å². The molecule has 2 amide bonds. The van der Waals surface area contributed by atoms with Crippen LogP contribution >= 0.6 is 0 Å². The highest BCUT2D eigenvalue weighted by molar-refractivity contribution is 7.94. The Labute approximate surface area is 161 Å². The summed E-state index contributed by atoms with van der Waals surface area (Å²) in [6.45, 7) is 10.5. The summed E-state index contributed by atoms with van der Waals surface area (Å²) in [5.74, 6) is -0.758. The van der Waals surface area contributed by atoms with Crippen LogP contribution < -0.4 is 4.31 Å². The maximum atomic E-state index is 12.9. The van der Waals surface area contributed by atoms with E-state index >= 15 is 0 Å². The Kier molecular flexibility index (Phi) is 5.31. The smallest absolute Gasteiger partial charge is 0.254 e. The summed E-state index contributed by atoms with van der Waals surface area (Å²) in [5.41, 5.74) is 0.871. The van der Waals surface area contributed by atoms with Crippen molar-refractivity contribution in [3.8, 4) is 0 Å². The lowest BCUT2D eigenvalue weighted by molar-refractivity contribution is -0.116. The van der Waals surface area contributed by atoms with E-state index in [-0.39, 0.29) is 29.2 Å². The standard InChI is InChI=1S/C19H27N3O4S/c1-19(2,3)14-20-8-10-21(11-9-20)18(24)15-5-4-6-16(13-15)22-17(23)7-12-27(22,25)26/h4-6,13H,7-12,14H2,1-3H3. The molecule has 2 saturated heterocycles. The number of sulfonamides is 1. The van der Waals surface area contributed by atoms with Crippen molar-refractivity contribution in [2.75, 3.05) is 42.8 Å². The molecule has 0 unspecified atom stereocenters. The first-order valence-electron chi connectivity index (χ1n) is 9.24. The van der Waals surface area contributed by atoms with Crippen molar-refractivity contribution in [2.45, 2.75) is 27.2 Å². The summed E-state index contributed by atoms with van der Waals surface area (Å²) in [5, 5.41) is 0. The molecule has 3 rings (SSSR count). The molecule has 0 spiro atoms. The Morgan fingerprint density at radius 3 is 2.33 bits per heavy atom. The molecule has 27 heavy (non-hydrogen) atoms. The highest BCUT2D eigenvalue weighted by atomic mass is 32.2. The Balaban J connectivity index is 1.71. The van der Waals surface area contributed by atoms with Crippen LogP contribution in [0.25, 0.3) is 0 Å². The molecule has 2 aliphatic rings. The third-order valence-corrected chi connectivity index (χ3v) is 6.45. The van der Waals surface area contributed by atoms with Gasteiger partial charge in [-0.1, -0.05) is 26.8 Å². The van der Waals surface area contributed by atoms with E-state index in [1.165, 1.54) is 6.07 Å². The Hall–Kier alpha value is -1.93. The lowest BCUT2D eigenvalue weighted by Crippen LogP contribution is -2.50. The summed E-state index contributed by atoms with van der Waals surface area (Å²) in [4.78, 5) is 29.0. The number of carbonyl (C=O) groups excluding carboxylic acids is 2. The van der Waals surface area contributed by atoms with Gasteiger partial charge in [0, 0.05) is 44.7 Å². The first kappa shape index (κ1) is 19.8. The first-order valence-corrected chi connectivity index (χ1v) is 10.9. The van der Waals surface area contributed by atoms with E-state index in [2.05, 4.69) is 25.7 Å². The van der Waals surface area contributed by atoms with Gasteiger partial charge in [-0.15, -0.1) is 0 Å². The second kappa shape index (κ2) is 7.24. The number of rotatable bonds is 3. The Morgan fingerprint density at radius 1 is 1.11 bits per heavy atom. The van der Waals surface area contributed by atoms with Crippen LogP contribution in [0.15, 0.2) is 24.3 Å². The van der Waals surface area contributed by atoms with Gasteiger partial charge in [0.05, 0.1) is 11.4 Å². The molecule has 2 fully saturated rings. The molecule has 0 N–H and O–H groups in total. The summed E-state index contributed by atoms with van der Waals surface area (Å²) in [6, 6.07) is 6.35. The number of hydrogen-bond donors (Lipinski definition) is 0. The van der Waals surface area contributed by atoms with Crippen molar-refractivity contribution in [2.24, 2.45) is 5.41 Å². The molecule has 1 aromatic rings. The van der Waals surface area contributed by atoms with Crippen molar-refractivity contribution >= 4 is 27.5 Å². The third-order valence-electron chi connectivity index (χ3n) is 4.76. The molecule has 2 heterocycles. The van der Waals surface area contributed by atoms with Crippen molar-refractivity contribution in [1.29, 1.82) is 0 Å². The number of hydrogen-bond acceptors (Lipinski definition) is 5. The zero-order valence-corrected chi connectivity index (χ0v) is 17.0. The SMILES string of the molecule is CC(C)(C)CN1CCN(C(=O)c2cccc(N3C(=O)CCS3(=O)=O)c2)CC1. The molecule has 0 aliphatic carbocycles. The number of anilines is 1. The fourth-order valence-electron chi connectivity index (χ4n) is 3.60. The van der Waals surface area contributed by atoms with Gasteiger partial charge in [0.1, 0.15) is 0 Å². The minimum Gasteiger partial charge on any atom is -0.336 e. The van der Waals surface area contributed by atoms with Crippen LogP contribution in [0.5, 0.6) is 0 Å². The minimum absolute atomic E-state index is 0.0176. The molecular formula is C19H27N3O4S. The summed E-state index contributed by atoms with van der Waals surface area (Å²) < 4.78 is 25.0. The van der Waals surface area contributed by atoms with Gasteiger partial charge in [-0.3, -0.25) is 14.5 Å². The Bertz CT molecular complexity index is 837. The van der Waals surface area contributed by atoms with E-state index in [1.54, 1.807) is 23.1 Å². The first-order chi connectivity index (χ1) is 12.6. The molecule has 8 heteroatoms. The quantitative estimate of drug-likeness (QED) is 0.779. The molecule has 148 valence electrons. The van der Waals surface area contributed by atoms with Gasteiger partial charge >= 0.3 is 0 Å². The monoisotopic (exact) mass is 393 g/mol. The predicted molar refractivity (Wildman–Crippen MR) is 104 cm³/mol. The maximum absolute atomic E-state index is 12.9. The molecular weight excluding hydrogens is 366 g/mol. The summed E-state index contributed by atoms with van der Waals surface area (Å²) in [7, 11) is -3.63. The van der Waals surface area contributed by atoms with Crippen LogP contribution in [0.1, 0.15) is 37.6 Å². The van der Waals surface area contributed by atoms with Gasteiger partial charge in [-0.2, -0.15) is 0 Å². The fourth-order valence-corrected chi connectivity index (χ4v) is 5.05. The largest absolute Gasteiger partial charge is 0.336 e. The van der Waals surface area contributed by atoms with E-state index in [9.17, 15) is 18.0 Å². The van der Waals surface area contributed by atoms with Crippen LogP contribution in [-0.4, -0.2) is 68.5 Å². The van der Waals surface area contributed by atoms with E-state index in [4.69, 9.17) is 0 Å². The van der Waals surface area contributed by atoms with Gasteiger partial charge in [0.2, 0.25) is 15.9 Å². The lowest BCUT2D eigenvalue weighted by Gasteiger charge is -2.37. The van der Waals surface area contributed by atoms with Crippen molar-refractivity contribution in [1.82, 2.24) is 9.80 Å². The minimum atomic E-state index is -3.63. The van der Waals surface area contributed by atoms with E-state index in [0.29, 0.717) is 18.7 Å². The number of piperazine rings is 1. The van der Waals surface area contributed by atoms with Gasteiger partial charge < -0.3 is 4.90 Å². The van der Waals surface area contributed by atoms with Crippen LogP contribution in [0.3, 0.4) is 0 Å². The molecule has 0 radical (unpaired) electrons. The van der Waals surface area contributed by atoms with Crippen molar-refractivity contribution in [3.05, 3.63) is 29.8 Å². The van der Waals surface area contributed by atoms with Crippen LogP contribution in [0, 0.1) is 5.41 Å².